The molecule has 1 aliphatic rings. The second-order valence-electron chi connectivity index (χ2n) is 14.5. The van der Waals surface area contributed by atoms with E-state index >= 15 is 0 Å². The lowest BCUT2D eigenvalue weighted by Gasteiger charge is -2.10. The molecule has 0 spiro atoms. The van der Waals surface area contributed by atoms with Crippen molar-refractivity contribution in [1.82, 2.24) is 4.57 Å². The second-order valence-corrected chi connectivity index (χ2v) is 14.5. The summed E-state index contributed by atoms with van der Waals surface area (Å²) in [5, 5.41) is 7.35. The van der Waals surface area contributed by atoms with Gasteiger partial charge in [0.05, 0.1) is 30.8 Å². The summed E-state index contributed by atoms with van der Waals surface area (Å²) < 4.78 is 22.9. The van der Waals surface area contributed by atoms with Crippen LogP contribution in [0.2, 0.25) is 0 Å². The monoisotopic (exact) mass is 762 g/mol. The number of carbonyl (C=O) groups excluding carboxylic acids is 1. The van der Waals surface area contributed by atoms with Crippen molar-refractivity contribution < 1.29 is 36.0 Å². The van der Waals surface area contributed by atoms with Gasteiger partial charge in [-0.1, -0.05) is 95.9 Å². The number of unbranched alkanes of at least 4 members (excludes halogenated alkanes) is 4. The Hall–Kier alpha value is -4.55. The van der Waals surface area contributed by atoms with E-state index in [1.807, 2.05) is 0 Å². The van der Waals surface area contributed by atoms with E-state index in [0.29, 0.717) is 6.61 Å². The minimum atomic E-state index is -0.239. The number of halogens is 1. The van der Waals surface area contributed by atoms with Gasteiger partial charge in [-0.3, -0.25) is 4.79 Å². The second kappa shape index (κ2) is 20.4. The molecule has 55 heavy (non-hydrogen) atoms. The molecule has 4 aromatic carbocycles. The molecule has 292 valence electrons. The molecule has 0 N–H and O–H groups in total. The highest BCUT2D eigenvalue weighted by Gasteiger charge is 2.31. The van der Waals surface area contributed by atoms with Gasteiger partial charge in [-0.2, -0.15) is 4.58 Å². The summed E-state index contributed by atoms with van der Waals surface area (Å²) in [6, 6.07) is 22.0. The van der Waals surface area contributed by atoms with Crippen molar-refractivity contribution in [2.75, 3.05) is 26.4 Å². The van der Waals surface area contributed by atoms with Crippen molar-refractivity contribution in [2.24, 2.45) is 0 Å². The number of nitrogens with zero attached hydrogens (tertiary/aromatic N) is 2. The molecule has 1 aliphatic heterocycles. The highest BCUT2D eigenvalue weighted by molar-refractivity contribution is 6.20. The maximum Gasteiger partial charge on any atom is 0.302 e. The van der Waals surface area contributed by atoms with Crippen molar-refractivity contribution in [3.63, 3.8) is 0 Å². The molecular formula is C48H59ClN2O4. The molecule has 0 fully saturated rings. The predicted octanol–water partition coefficient (Wildman–Crippen LogP) is 8.38. The maximum absolute atomic E-state index is 11.6. The lowest BCUT2D eigenvalue weighted by molar-refractivity contribution is -0.436. The summed E-state index contributed by atoms with van der Waals surface area (Å²) in [7, 11) is 0. The van der Waals surface area contributed by atoms with E-state index in [4.69, 9.17) is 14.2 Å². The molecule has 0 radical (unpaired) electrons. The Kier molecular flexibility index (Phi) is 15.4. The Bertz CT molecular complexity index is 2230. The Morgan fingerprint density at radius 1 is 0.727 bits per heavy atom. The molecule has 0 bridgehead atoms. The van der Waals surface area contributed by atoms with Gasteiger partial charge >= 0.3 is 5.97 Å². The summed E-state index contributed by atoms with van der Waals surface area (Å²) >= 11 is 0. The van der Waals surface area contributed by atoms with Gasteiger partial charge in [0.15, 0.2) is 0 Å². The minimum Gasteiger partial charge on any atom is -1.00 e. The first kappa shape index (κ1) is 41.6. The average Bonchev–Trinajstić information content (AvgIpc) is 3.66. The molecule has 2 heterocycles. The lowest BCUT2D eigenvalue weighted by atomic mass is 10.0. The van der Waals surface area contributed by atoms with Crippen LogP contribution in [0.25, 0.3) is 38.5 Å². The Morgan fingerprint density at radius 3 is 2.07 bits per heavy atom. The van der Waals surface area contributed by atoms with E-state index in [-0.39, 0.29) is 18.4 Å². The van der Waals surface area contributed by atoms with Crippen LogP contribution in [0.3, 0.4) is 0 Å². The van der Waals surface area contributed by atoms with Crippen LogP contribution in [0.15, 0.2) is 84.5 Å². The fourth-order valence-corrected chi connectivity index (χ4v) is 7.61. The average molecular weight is 763 g/mol. The molecule has 5 aromatic rings. The third-order valence-electron chi connectivity index (χ3n) is 10.5. The Morgan fingerprint density at radius 2 is 1.38 bits per heavy atom. The number of aryl methyl sites for hydroxylation is 1. The zero-order valence-electron chi connectivity index (χ0n) is 33.6. The predicted molar refractivity (Wildman–Crippen MR) is 226 cm³/mol. The van der Waals surface area contributed by atoms with Crippen LogP contribution < -0.4 is 27.2 Å². The van der Waals surface area contributed by atoms with Crippen molar-refractivity contribution in [2.45, 2.75) is 105 Å². The van der Waals surface area contributed by atoms with Crippen LogP contribution in [0.4, 0.5) is 5.69 Å². The highest BCUT2D eigenvalue weighted by atomic mass is 35.5. The standard InChI is InChI=1S/C48H59N2O4.ClH/c1-6-10-30-49-41(37-18-14-20-39-45(53-32-12-8-3)28-26-43(49)47(37)39)24-22-36(17-16-34-52-35(5)51)23-25-42-38-19-15-21-40-46(54-33-13-9-4)29-27-44(48(38)40)50(42)31-11-7-2;/h14-15,18-29H,6-13,16-17,30-34H2,1-5H3;1H/q+1;/p-1. The smallest absolute Gasteiger partial charge is 0.302 e. The molecular weight excluding hydrogens is 704 g/mol. The Balaban J connectivity index is 0.00000580. The molecule has 0 atom stereocenters. The zero-order valence-corrected chi connectivity index (χ0v) is 34.4. The van der Waals surface area contributed by atoms with Crippen molar-refractivity contribution in [3.05, 3.63) is 95.4 Å². The summed E-state index contributed by atoms with van der Waals surface area (Å²) in [6.45, 7) is 14.1. The third kappa shape index (κ3) is 9.47. The summed E-state index contributed by atoms with van der Waals surface area (Å²) in [6.07, 6.45) is 19.4. The van der Waals surface area contributed by atoms with E-state index in [1.54, 1.807) is 0 Å². The molecule has 0 unspecified atom stereocenters. The number of aromatic nitrogens is 1. The first-order valence-corrected chi connectivity index (χ1v) is 20.5. The normalized spacial score (nSPS) is 13.2. The molecule has 7 heteroatoms. The highest BCUT2D eigenvalue weighted by Crippen LogP contribution is 2.40. The number of esters is 1. The van der Waals surface area contributed by atoms with Gasteiger partial charge in [0.25, 0.3) is 0 Å². The van der Waals surface area contributed by atoms with Crippen LogP contribution in [0.5, 0.6) is 11.5 Å². The van der Waals surface area contributed by atoms with Gasteiger partial charge in [-0.25, -0.2) is 0 Å². The van der Waals surface area contributed by atoms with Gasteiger partial charge < -0.3 is 31.2 Å². The van der Waals surface area contributed by atoms with Crippen LogP contribution in [-0.4, -0.2) is 47.2 Å². The third-order valence-corrected chi connectivity index (χ3v) is 10.5. The molecule has 0 amide bonds. The van der Waals surface area contributed by atoms with Crippen LogP contribution in [-0.2, 0) is 16.1 Å². The molecule has 0 aliphatic carbocycles. The van der Waals surface area contributed by atoms with Crippen LogP contribution in [0.1, 0.15) is 104 Å². The van der Waals surface area contributed by atoms with E-state index in [2.05, 4.69) is 122 Å². The number of hydrogen-bond acceptors (Lipinski definition) is 4. The minimum absolute atomic E-state index is 0. The van der Waals surface area contributed by atoms with Crippen molar-refractivity contribution >= 4 is 55.9 Å². The number of ether oxygens (including phenoxy) is 3. The summed E-state index contributed by atoms with van der Waals surface area (Å²) in [4.78, 5) is 11.6. The fraction of sp³-hybridized carbons (Fsp3) is 0.417. The van der Waals surface area contributed by atoms with E-state index in [0.717, 1.165) is 102 Å². The number of allylic oxidation sites excluding steroid dienone is 4. The van der Waals surface area contributed by atoms with Gasteiger partial charge in [0.2, 0.25) is 11.4 Å². The molecule has 6 nitrogen and oxygen atoms in total. The van der Waals surface area contributed by atoms with E-state index in [1.165, 1.54) is 67.3 Å². The number of carbonyl (C=O) groups is 1. The van der Waals surface area contributed by atoms with Gasteiger partial charge in [-0.05, 0) is 68.0 Å². The molecule has 0 saturated heterocycles. The summed E-state index contributed by atoms with van der Waals surface area (Å²) in [5.41, 5.74) is 6.15. The first-order valence-electron chi connectivity index (χ1n) is 20.5. The quantitative estimate of drug-likeness (QED) is 0.0327. The van der Waals surface area contributed by atoms with Gasteiger partial charge in [0, 0.05) is 64.4 Å². The number of benzene rings is 4. The van der Waals surface area contributed by atoms with Gasteiger partial charge in [-0.15, -0.1) is 0 Å². The van der Waals surface area contributed by atoms with E-state index < -0.39 is 0 Å². The van der Waals surface area contributed by atoms with Crippen molar-refractivity contribution in [1.29, 1.82) is 0 Å². The maximum atomic E-state index is 11.6. The topological polar surface area (TPSA) is 52.7 Å². The largest absolute Gasteiger partial charge is 1.00 e. The van der Waals surface area contributed by atoms with Crippen molar-refractivity contribution in [3.8, 4) is 11.5 Å². The lowest BCUT2D eigenvalue weighted by Crippen LogP contribution is -3.00. The Labute approximate surface area is 333 Å². The molecule has 0 saturated carbocycles. The number of rotatable bonds is 21. The van der Waals surface area contributed by atoms with E-state index in [9.17, 15) is 4.79 Å². The SMILES string of the molecule is CCCCOc1ccc2c3c(cccc13)C(/C=C/C(=C/C=c1\c3cccc4c(OCCCC)ccc(c43)n1CCCC)CCCOC(C)=O)=[N+]2CCCC.[Cl-]. The fourth-order valence-electron chi connectivity index (χ4n) is 7.61. The van der Waals surface area contributed by atoms with Crippen LogP contribution >= 0.6 is 0 Å². The summed E-state index contributed by atoms with van der Waals surface area (Å²) in [5.74, 6) is 1.68. The van der Waals surface area contributed by atoms with Gasteiger partial charge in [0.1, 0.15) is 18.0 Å². The van der Waals surface area contributed by atoms with Crippen LogP contribution in [0, 0.1) is 0 Å². The zero-order chi connectivity index (χ0) is 37.9. The number of hydrogen-bond donors (Lipinski definition) is 0. The first-order chi connectivity index (χ1) is 26.5. The molecule has 1 aromatic heterocycles. The molecule has 6 rings (SSSR count).